The number of rotatable bonds is 6. The minimum absolute atomic E-state index is 0.0135. The summed E-state index contributed by atoms with van der Waals surface area (Å²) in [5.74, 6) is -0.384. The van der Waals surface area contributed by atoms with Crippen LogP contribution in [0.4, 0.5) is 10.8 Å². The van der Waals surface area contributed by atoms with Gasteiger partial charge in [-0.1, -0.05) is 62.8 Å². The third-order valence-electron chi connectivity index (χ3n) is 6.49. The molecule has 3 aromatic rings. The number of nitrogens with two attached hydrogens (primary N) is 1. The number of carbonyl (C=O) groups excluding carboxylic acids is 2. The summed E-state index contributed by atoms with van der Waals surface area (Å²) in [4.78, 5) is 27.5. The van der Waals surface area contributed by atoms with E-state index in [-0.39, 0.29) is 28.8 Å². The summed E-state index contributed by atoms with van der Waals surface area (Å²) in [6, 6.07) is 15.0. The zero-order chi connectivity index (χ0) is 27.7. The summed E-state index contributed by atoms with van der Waals surface area (Å²) in [6.45, 7) is 1.92. The van der Waals surface area contributed by atoms with Gasteiger partial charge in [0.25, 0.3) is 0 Å². The second kappa shape index (κ2) is 11.5. The minimum atomic E-state index is -0.571. The molecule has 1 aliphatic carbocycles. The molecule has 0 saturated carbocycles. The van der Waals surface area contributed by atoms with Crippen LogP contribution >= 0.6 is 50.6 Å². The molecule has 0 fully saturated rings. The fraction of sp³-hybridized carbons (Fsp3) is 0.222. The molecule has 2 aliphatic rings. The largest absolute Gasteiger partial charge is 0.384 e. The van der Waals surface area contributed by atoms with Gasteiger partial charge in [0, 0.05) is 32.9 Å². The van der Waals surface area contributed by atoms with Crippen molar-refractivity contribution >= 4 is 73.1 Å². The number of allylic oxidation sites excluding steroid dienone is 3. The van der Waals surface area contributed by atoms with Crippen molar-refractivity contribution in [3.05, 3.63) is 85.8 Å². The van der Waals surface area contributed by atoms with Crippen LogP contribution in [0.25, 0.3) is 0 Å². The maximum atomic E-state index is 13.2. The Morgan fingerprint density at radius 2 is 2.05 bits per heavy atom. The second-order valence-electron chi connectivity index (χ2n) is 9.01. The Hall–Kier alpha value is -3.17. The van der Waals surface area contributed by atoms with E-state index in [2.05, 4.69) is 37.5 Å². The van der Waals surface area contributed by atoms with E-state index in [1.807, 2.05) is 37.3 Å². The Morgan fingerprint density at radius 1 is 1.28 bits per heavy atom. The lowest BCUT2D eigenvalue weighted by atomic mass is 9.76. The van der Waals surface area contributed by atoms with Gasteiger partial charge in [-0.15, -0.1) is 10.2 Å². The first-order valence-corrected chi connectivity index (χ1v) is 15.0. The lowest BCUT2D eigenvalue weighted by Crippen LogP contribution is -2.38. The van der Waals surface area contributed by atoms with E-state index < -0.39 is 5.92 Å². The van der Waals surface area contributed by atoms with E-state index in [9.17, 15) is 14.9 Å². The monoisotopic (exact) mass is 640 g/mol. The molecular weight excluding hydrogens is 620 g/mol. The van der Waals surface area contributed by atoms with Crippen LogP contribution in [0.1, 0.15) is 36.3 Å². The number of aryl methyl sites for hydroxylation is 1. The number of halogens is 2. The Bertz CT molecular complexity index is 1580. The molecule has 5 rings (SSSR count). The molecule has 12 heteroatoms. The highest BCUT2D eigenvalue weighted by molar-refractivity contribution is 9.10. The van der Waals surface area contributed by atoms with Gasteiger partial charge in [-0.05, 0) is 61.2 Å². The highest BCUT2D eigenvalue weighted by Gasteiger charge is 2.41. The van der Waals surface area contributed by atoms with Gasteiger partial charge in [0.2, 0.25) is 11.0 Å². The summed E-state index contributed by atoms with van der Waals surface area (Å²) in [6.07, 6.45) is 1.69. The van der Waals surface area contributed by atoms with Crippen molar-refractivity contribution in [2.45, 2.75) is 36.4 Å². The molecule has 1 aromatic heterocycles. The van der Waals surface area contributed by atoms with Gasteiger partial charge in [-0.25, -0.2) is 0 Å². The molecule has 0 bridgehead atoms. The van der Waals surface area contributed by atoms with Gasteiger partial charge in [0.15, 0.2) is 10.1 Å². The van der Waals surface area contributed by atoms with Crippen LogP contribution in [0, 0.1) is 18.3 Å². The highest BCUT2D eigenvalue weighted by Crippen LogP contribution is 2.47. The quantitative estimate of drug-likeness (QED) is 0.301. The zero-order valence-corrected chi connectivity index (χ0v) is 24.7. The first kappa shape index (κ1) is 27.4. The van der Waals surface area contributed by atoms with Crippen molar-refractivity contribution in [1.29, 1.82) is 5.26 Å². The van der Waals surface area contributed by atoms with Crippen LogP contribution in [-0.2, 0) is 9.59 Å². The summed E-state index contributed by atoms with van der Waals surface area (Å²) >= 11 is 12.0. The highest BCUT2D eigenvalue weighted by atomic mass is 79.9. The zero-order valence-electron chi connectivity index (χ0n) is 20.7. The number of nitrogens with one attached hydrogen (secondary N) is 1. The van der Waals surface area contributed by atoms with E-state index in [4.69, 9.17) is 17.3 Å². The molecule has 2 heterocycles. The smallest absolute Gasteiger partial charge is 0.234 e. The molecule has 0 radical (unpaired) electrons. The first-order chi connectivity index (χ1) is 18.8. The van der Waals surface area contributed by atoms with E-state index in [1.54, 1.807) is 17.0 Å². The first-order valence-electron chi connectivity index (χ1n) is 12.0. The fourth-order valence-corrected chi connectivity index (χ4v) is 7.01. The summed E-state index contributed by atoms with van der Waals surface area (Å²) in [7, 11) is 0. The molecule has 1 atom stereocenters. The number of hydrogen-bond donors (Lipinski definition) is 2. The average molecular weight is 642 g/mol. The van der Waals surface area contributed by atoms with E-state index in [1.165, 1.54) is 23.1 Å². The van der Waals surface area contributed by atoms with Crippen molar-refractivity contribution in [2.75, 3.05) is 16.0 Å². The predicted molar refractivity (Wildman–Crippen MR) is 158 cm³/mol. The normalized spacial score (nSPS) is 17.2. The average Bonchev–Trinajstić information content (AvgIpc) is 3.37. The molecule has 2 aromatic carbocycles. The van der Waals surface area contributed by atoms with E-state index >= 15 is 0 Å². The van der Waals surface area contributed by atoms with Gasteiger partial charge in [0.1, 0.15) is 5.82 Å². The second-order valence-corrected chi connectivity index (χ2v) is 12.5. The number of thioether (sulfide) groups is 1. The van der Waals surface area contributed by atoms with Gasteiger partial charge in [-0.2, -0.15) is 5.26 Å². The third-order valence-corrected chi connectivity index (χ3v) is 9.28. The van der Waals surface area contributed by atoms with Gasteiger partial charge in [0.05, 0.1) is 23.3 Å². The number of amides is 1. The van der Waals surface area contributed by atoms with Crippen molar-refractivity contribution < 1.29 is 9.59 Å². The number of hydrogen-bond acceptors (Lipinski definition) is 9. The molecule has 0 spiro atoms. The number of nitriles is 1. The van der Waals surface area contributed by atoms with Crippen molar-refractivity contribution in [2.24, 2.45) is 5.73 Å². The van der Waals surface area contributed by atoms with Crippen molar-refractivity contribution in [1.82, 2.24) is 10.2 Å². The molecule has 0 saturated heterocycles. The number of benzene rings is 2. The lowest BCUT2D eigenvalue weighted by molar-refractivity contribution is -0.116. The molecule has 39 heavy (non-hydrogen) atoms. The van der Waals surface area contributed by atoms with Crippen LogP contribution in [0.3, 0.4) is 0 Å². The van der Waals surface area contributed by atoms with Crippen molar-refractivity contribution in [3.8, 4) is 6.07 Å². The van der Waals surface area contributed by atoms with Crippen LogP contribution in [0.15, 0.2) is 73.9 Å². The number of ketones is 1. The molecular formula is C27H22BrClN6O2S2. The summed E-state index contributed by atoms with van der Waals surface area (Å²) in [5, 5.41) is 22.6. The fourth-order valence-electron chi connectivity index (χ4n) is 4.73. The third kappa shape index (κ3) is 5.61. The van der Waals surface area contributed by atoms with Crippen LogP contribution in [0.2, 0.25) is 5.02 Å². The SMILES string of the molecule is Cc1cc(Br)ccc1NC(=O)CSc1nnc(N2C(N)=C(C#N)C(c3ccc(Cl)cc3)C3=C2CCCC3=O)s1. The van der Waals surface area contributed by atoms with Crippen LogP contribution < -0.4 is 16.0 Å². The number of aromatic nitrogens is 2. The van der Waals surface area contributed by atoms with Gasteiger partial charge < -0.3 is 11.1 Å². The van der Waals surface area contributed by atoms with Gasteiger partial charge >= 0.3 is 0 Å². The Balaban J connectivity index is 1.41. The minimum Gasteiger partial charge on any atom is -0.384 e. The van der Waals surface area contributed by atoms with Crippen LogP contribution in [-0.4, -0.2) is 27.6 Å². The Morgan fingerprint density at radius 3 is 2.77 bits per heavy atom. The topological polar surface area (TPSA) is 125 Å². The molecule has 1 amide bonds. The number of nitrogens with zero attached hydrogens (tertiary/aromatic N) is 4. The van der Waals surface area contributed by atoms with E-state index in [0.29, 0.717) is 39.3 Å². The maximum Gasteiger partial charge on any atom is 0.234 e. The maximum absolute atomic E-state index is 13.2. The Labute approximate surface area is 247 Å². The number of carbonyl (C=O) groups is 2. The molecule has 1 aliphatic heterocycles. The number of anilines is 2. The molecule has 198 valence electrons. The van der Waals surface area contributed by atoms with Gasteiger partial charge in [-0.3, -0.25) is 14.5 Å². The lowest BCUT2D eigenvalue weighted by Gasteiger charge is -2.38. The van der Waals surface area contributed by atoms with Crippen LogP contribution in [0.5, 0.6) is 0 Å². The molecule has 3 N–H and O–H groups in total. The molecule has 1 unspecified atom stereocenters. The van der Waals surface area contributed by atoms with E-state index in [0.717, 1.165) is 27.0 Å². The predicted octanol–water partition coefficient (Wildman–Crippen LogP) is 6.30. The standard InChI is InChI=1S/C27H22BrClN6O2S2/c1-14-11-16(28)7-10-19(14)32-22(37)13-38-27-34-33-26(39-27)35-20-3-2-4-21(36)24(20)23(18(12-30)25(35)31)15-5-8-17(29)9-6-15/h5-11,23H,2-4,13,31H2,1H3,(H,32,37). The summed E-state index contributed by atoms with van der Waals surface area (Å²) < 4.78 is 1.51. The van der Waals surface area contributed by atoms with Crippen molar-refractivity contribution in [3.63, 3.8) is 0 Å². The number of Topliss-reactive ketones (excluding diaryl/α,β-unsaturated/α-hetero) is 1. The molecule has 8 nitrogen and oxygen atoms in total. The Kier molecular flexibility index (Phi) is 8.09. The summed E-state index contributed by atoms with van der Waals surface area (Å²) in [5.41, 5.74) is 10.6.